The van der Waals surface area contributed by atoms with Crippen molar-refractivity contribution in [1.29, 1.82) is 0 Å². The molecule has 1 atom stereocenters. The highest BCUT2D eigenvalue weighted by Gasteiger charge is 2.41. The van der Waals surface area contributed by atoms with Gasteiger partial charge in [0.1, 0.15) is 4.87 Å². The molecule has 1 saturated heterocycles. The second kappa shape index (κ2) is 3.28. The Bertz CT molecular complexity index is 348. The number of para-hydroxylation sites is 1. The van der Waals surface area contributed by atoms with Crippen molar-refractivity contribution in [3.8, 4) is 0 Å². The third-order valence-electron chi connectivity index (χ3n) is 2.56. The van der Waals surface area contributed by atoms with Gasteiger partial charge in [-0.2, -0.15) is 0 Å². The molecule has 0 radical (unpaired) electrons. The number of hydrogen-bond donors (Lipinski definition) is 0. The second-order valence-corrected chi connectivity index (χ2v) is 4.57. The Morgan fingerprint density at radius 3 is 2.50 bits per heavy atom. The normalized spacial score (nSPS) is 27.0. The van der Waals surface area contributed by atoms with Crippen LogP contribution in [0.15, 0.2) is 30.3 Å². The van der Waals surface area contributed by atoms with Gasteiger partial charge in [-0.1, -0.05) is 18.2 Å². The monoisotopic (exact) mass is 209 g/mol. The SMILES string of the molecule is CC1(Cl)CCN(c2ccccc2)C1=O. The number of benzene rings is 1. The number of rotatable bonds is 1. The highest BCUT2D eigenvalue weighted by molar-refractivity contribution is 6.37. The van der Waals surface area contributed by atoms with E-state index in [0.29, 0.717) is 13.0 Å². The number of anilines is 1. The molecular weight excluding hydrogens is 198 g/mol. The van der Waals surface area contributed by atoms with E-state index in [1.807, 2.05) is 30.3 Å². The van der Waals surface area contributed by atoms with Crippen LogP contribution in [0.25, 0.3) is 0 Å². The molecular formula is C11H12ClNO. The summed E-state index contributed by atoms with van der Waals surface area (Å²) in [5, 5.41) is 0. The lowest BCUT2D eigenvalue weighted by atomic mass is 10.1. The molecule has 0 aromatic heterocycles. The Morgan fingerprint density at radius 2 is 2.00 bits per heavy atom. The zero-order chi connectivity index (χ0) is 10.2. The Balaban J connectivity index is 2.27. The summed E-state index contributed by atoms with van der Waals surface area (Å²) in [6, 6.07) is 9.63. The molecule has 74 valence electrons. The molecule has 0 spiro atoms. The average Bonchev–Trinajstić information content (AvgIpc) is 2.44. The summed E-state index contributed by atoms with van der Waals surface area (Å²) in [6.07, 6.45) is 0.711. The van der Waals surface area contributed by atoms with Gasteiger partial charge >= 0.3 is 0 Å². The predicted molar refractivity (Wildman–Crippen MR) is 57.7 cm³/mol. The van der Waals surface area contributed by atoms with Crippen LogP contribution < -0.4 is 4.90 Å². The maximum atomic E-state index is 11.8. The van der Waals surface area contributed by atoms with Crippen molar-refractivity contribution in [2.45, 2.75) is 18.2 Å². The first-order valence-electron chi connectivity index (χ1n) is 4.67. The van der Waals surface area contributed by atoms with Crippen LogP contribution in [-0.2, 0) is 4.79 Å². The van der Waals surface area contributed by atoms with Crippen LogP contribution in [0.2, 0.25) is 0 Å². The molecule has 14 heavy (non-hydrogen) atoms. The van der Waals surface area contributed by atoms with Crippen LogP contribution in [0.3, 0.4) is 0 Å². The van der Waals surface area contributed by atoms with Gasteiger partial charge in [0.2, 0.25) is 5.91 Å². The third-order valence-corrected chi connectivity index (χ3v) is 2.91. The Morgan fingerprint density at radius 1 is 1.36 bits per heavy atom. The molecule has 0 aliphatic carbocycles. The van der Waals surface area contributed by atoms with E-state index in [1.54, 1.807) is 11.8 Å². The molecule has 1 unspecified atom stereocenters. The van der Waals surface area contributed by atoms with Crippen molar-refractivity contribution in [1.82, 2.24) is 0 Å². The first-order chi connectivity index (χ1) is 6.61. The summed E-state index contributed by atoms with van der Waals surface area (Å²) >= 11 is 6.07. The van der Waals surface area contributed by atoms with Crippen molar-refractivity contribution in [2.75, 3.05) is 11.4 Å². The summed E-state index contributed by atoms with van der Waals surface area (Å²) in [6.45, 7) is 2.49. The number of amides is 1. The fourth-order valence-corrected chi connectivity index (χ4v) is 1.85. The maximum absolute atomic E-state index is 11.8. The molecule has 1 aromatic rings. The van der Waals surface area contributed by atoms with Gasteiger partial charge in [0.05, 0.1) is 0 Å². The van der Waals surface area contributed by atoms with Crippen LogP contribution in [0, 0.1) is 0 Å². The van der Waals surface area contributed by atoms with E-state index < -0.39 is 4.87 Å². The van der Waals surface area contributed by atoms with Crippen molar-refractivity contribution in [3.05, 3.63) is 30.3 Å². The summed E-state index contributed by atoms with van der Waals surface area (Å²) in [7, 11) is 0. The molecule has 1 heterocycles. The van der Waals surface area contributed by atoms with E-state index in [2.05, 4.69) is 0 Å². The Labute approximate surface area is 88.5 Å². The van der Waals surface area contributed by atoms with Crippen LogP contribution in [0.1, 0.15) is 13.3 Å². The number of alkyl halides is 1. The highest BCUT2D eigenvalue weighted by atomic mass is 35.5. The Hall–Kier alpha value is -1.02. The first kappa shape index (κ1) is 9.53. The molecule has 0 bridgehead atoms. The molecule has 1 aliphatic rings. The number of nitrogens with zero attached hydrogens (tertiary/aromatic N) is 1. The number of hydrogen-bond acceptors (Lipinski definition) is 1. The average molecular weight is 210 g/mol. The summed E-state index contributed by atoms with van der Waals surface area (Å²) < 4.78 is 0. The fourth-order valence-electron chi connectivity index (χ4n) is 1.67. The highest BCUT2D eigenvalue weighted by Crippen LogP contribution is 2.32. The topological polar surface area (TPSA) is 20.3 Å². The molecule has 1 aromatic carbocycles. The largest absolute Gasteiger partial charge is 0.311 e. The predicted octanol–water partition coefficient (Wildman–Crippen LogP) is 2.42. The van der Waals surface area contributed by atoms with E-state index in [0.717, 1.165) is 5.69 Å². The molecule has 0 N–H and O–H groups in total. The van der Waals surface area contributed by atoms with Crippen LogP contribution in [0.4, 0.5) is 5.69 Å². The van der Waals surface area contributed by atoms with Gasteiger partial charge < -0.3 is 4.90 Å². The number of carbonyl (C=O) groups excluding carboxylic acids is 1. The minimum atomic E-state index is -0.712. The quantitative estimate of drug-likeness (QED) is 0.651. The molecule has 0 saturated carbocycles. The smallest absolute Gasteiger partial charge is 0.247 e. The lowest BCUT2D eigenvalue weighted by Gasteiger charge is -2.18. The summed E-state index contributed by atoms with van der Waals surface area (Å²) in [5.74, 6) is 0.00497. The number of halogens is 1. The van der Waals surface area contributed by atoms with Crippen LogP contribution >= 0.6 is 11.6 Å². The fraction of sp³-hybridized carbons (Fsp3) is 0.364. The number of carbonyl (C=O) groups is 1. The lowest BCUT2D eigenvalue weighted by molar-refractivity contribution is -0.118. The molecule has 1 aliphatic heterocycles. The van der Waals surface area contributed by atoms with Gasteiger partial charge in [0.25, 0.3) is 0 Å². The van der Waals surface area contributed by atoms with E-state index in [9.17, 15) is 4.79 Å². The van der Waals surface area contributed by atoms with Gasteiger partial charge in [-0.15, -0.1) is 11.6 Å². The molecule has 2 nitrogen and oxygen atoms in total. The van der Waals surface area contributed by atoms with E-state index >= 15 is 0 Å². The first-order valence-corrected chi connectivity index (χ1v) is 5.05. The van der Waals surface area contributed by atoms with E-state index in [1.165, 1.54) is 0 Å². The molecule has 2 rings (SSSR count). The standard InChI is InChI=1S/C11H12ClNO/c1-11(12)7-8-13(10(11)14)9-5-3-2-4-6-9/h2-6H,7-8H2,1H3. The minimum absolute atomic E-state index is 0.00497. The summed E-state index contributed by atoms with van der Waals surface area (Å²) in [4.78, 5) is 12.9. The van der Waals surface area contributed by atoms with E-state index in [4.69, 9.17) is 11.6 Å². The van der Waals surface area contributed by atoms with Crippen molar-refractivity contribution >= 4 is 23.2 Å². The van der Waals surface area contributed by atoms with Gasteiger partial charge in [-0.25, -0.2) is 0 Å². The Kier molecular flexibility index (Phi) is 2.23. The third kappa shape index (κ3) is 1.50. The molecule has 1 fully saturated rings. The zero-order valence-electron chi connectivity index (χ0n) is 8.03. The van der Waals surface area contributed by atoms with Crippen molar-refractivity contribution in [3.63, 3.8) is 0 Å². The second-order valence-electron chi connectivity index (χ2n) is 3.74. The van der Waals surface area contributed by atoms with Gasteiger partial charge in [0, 0.05) is 12.2 Å². The molecule has 3 heteroatoms. The van der Waals surface area contributed by atoms with Crippen molar-refractivity contribution < 1.29 is 4.79 Å². The van der Waals surface area contributed by atoms with Crippen LogP contribution in [0.5, 0.6) is 0 Å². The summed E-state index contributed by atoms with van der Waals surface area (Å²) in [5.41, 5.74) is 0.932. The lowest BCUT2D eigenvalue weighted by Crippen LogP contribution is -2.33. The van der Waals surface area contributed by atoms with Gasteiger partial charge in [-0.05, 0) is 25.5 Å². The van der Waals surface area contributed by atoms with Gasteiger partial charge in [0.15, 0.2) is 0 Å². The maximum Gasteiger partial charge on any atom is 0.247 e. The molecule has 1 amide bonds. The van der Waals surface area contributed by atoms with E-state index in [-0.39, 0.29) is 5.91 Å². The minimum Gasteiger partial charge on any atom is -0.311 e. The van der Waals surface area contributed by atoms with Crippen molar-refractivity contribution in [2.24, 2.45) is 0 Å². The van der Waals surface area contributed by atoms with Gasteiger partial charge in [-0.3, -0.25) is 4.79 Å². The zero-order valence-corrected chi connectivity index (χ0v) is 8.79. The van der Waals surface area contributed by atoms with Crippen LogP contribution in [-0.4, -0.2) is 17.3 Å².